The molecule has 1 unspecified atom stereocenters. The molecule has 31 heavy (non-hydrogen) atoms. The molecule has 3 N–H and O–H groups in total. The molecule has 8 heteroatoms. The maximum Gasteiger partial charge on any atom is 0.255 e. The molecule has 3 amide bonds. The maximum absolute atomic E-state index is 13.0. The zero-order valence-electron chi connectivity index (χ0n) is 17.1. The molecular weight excluding hydrogens is 396 g/mol. The van der Waals surface area contributed by atoms with Gasteiger partial charge >= 0.3 is 0 Å². The summed E-state index contributed by atoms with van der Waals surface area (Å²) >= 11 is 0. The molecule has 160 valence electrons. The SMILES string of the molecule is Nc1ccc2c(c1)CN(Cc1ccc3c(c1)C(=O)N(C1CCC(=O)NC1=O)C3)CCO2. The number of nitrogen functional groups attached to an aromatic ring is 1. The number of carbonyl (C=O) groups excluding carboxylic acids is 3. The summed E-state index contributed by atoms with van der Waals surface area (Å²) in [5.41, 5.74) is 10.3. The Bertz CT molecular complexity index is 1080. The Morgan fingerprint density at radius 2 is 1.94 bits per heavy atom. The minimum Gasteiger partial charge on any atom is -0.492 e. The monoisotopic (exact) mass is 420 g/mol. The second-order valence-corrected chi connectivity index (χ2v) is 8.32. The van der Waals surface area contributed by atoms with E-state index in [0.29, 0.717) is 43.9 Å². The van der Waals surface area contributed by atoms with Crippen molar-refractivity contribution in [2.75, 3.05) is 18.9 Å². The predicted molar refractivity (Wildman–Crippen MR) is 113 cm³/mol. The molecular formula is C23H24N4O4. The van der Waals surface area contributed by atoms with Gasteiger partial charge in [-0.2, -0.15) is 0 Å². The van der Waals surface area contributed by atoms with Crippen LogP contribution in [0, 0.1) is 0 Å². The second kappa shape index (κ2) is 7.70. The number of rotatable bonds is 3. The smallest absolute Gasteiger partial charge is 0.255 e. The quantitative estimate of drug-likeness (QED) is 0.575. The highest BCUT2D eigenvalue weighted by Gasteiger charge is 2.39. The van der Waals surface area contributed by atoms with E-state index < -0.39 is 6.04 Å². The molecule has 0 radical (unpaired) electrons. The van der Waals surface area contributed by atoms with E-state index >= 15 is 0 Å². The first-order chi connectivity index (χ1) is 15.0. The summed E-state index contributed by atoms with van der Waals surface area (Å²) in [7, 11) is 0. The zero-order chi connectivity index (χ0) is 21.5. The molecule has 1 atom stereocenters. The standard InChI is InChI=1S/C23H24N4O4/c24-17-3-5-20-16(10-17)12-26(7-8-31-20)11-14-1-2-15-13-27(23(30)18(15)9-14)19-4-6-21(28)25-22(19)29/h1-3,5,9-10,19H,4,6-8,11-13,24H2,(H,25,28,29). The second-order valence-electron chi connectivity index (χ2n) is 8.32. The van der Waals surface area contributed by atoms with Gasteiger partial charge in [0.1, 0.15) is 18.4 Å². The normalized spacial score (nSPS) is 21.2. The number of nitrogens with zero attached hydrogens (tertiary/aromatic N) is 2. The lowest BCUT2D eigenvalue weighted by Gasteiger charge is -2.29. The van der Waals surface area contributed by atoms with E-state index in [9.17, 15) is 14.4 Å². The van der Waals surface area contributed by atoms with Crippen molar-refractivity contribution in [3.05, 3.63) is 58.7 Å². The van der Waals surface area contributed by atoms with Gasteiger partial charge in [-0.15, -0.1) is 0 Å². The lowest BCUT2D eigenvalue weighted by atomic mass is 10.0. The van der Waals surface area contributed by atoms with Crippen molar-refractivity contribution >= 4 is 23.4 Å². The van der Waals surface area contributed by atoms with Crippen LogP contribution in [0.5, 0.6) is 5.75 Å². The first-order valence-electron chi connectivity index (χ1n) is 10.5. The van der Waals surface area contributed by atoms with Crippen LogP contribution in [-0.4, -0.2) is 46.7 Å². The molecule has 0 aliphatic carbocycles. The van der Waals surface area contributed by atoms with E-state index in [1.165, 1.54) is 0 Å². The van der Waals surface area contributed by atoms with Gasteiger partial charge in [-0.3, -0.25) is 24.6 Å². The van der Waals surface area contributed by atoms with Crippen molar-refractivity contribution in [2.45, 2.75) is 38.5 Å². The van der Waals surface area contributed by atoms with E-state index in [1.807, 2.05) is 36.4 Å². The van der Waals surface area contributed by atoms with Crippen LogP contribution in [0.3, 0.4) is 0 Å². The van der Waals surface area contributed by atoms with E-state index in [2.05, 4.69) is 10.2 Å². The van der Waals surface area contributed by atoms with Crippen LogP contribution in [0.4, 0.5) is 5.69 Å². The zero-order valence-corrected chi connectivity index (χ0v) is 17.1. The van der Waals surface area contributed by atoms with Crippen LogP contribution < -0.4 is 15.8 Å². The minimum atomic E-state index is -0.592. The summed E-state index contributed by atoms with van der Waals surface area (Å²) in [6, 6.07) is 11.0. The van der Waals surface area contributed by atoms with E-state index in [4.69, 9.17) is 10.5 Å². The summed E-state index contributed by atoms with van der Waals surface area (Å²) in [4.78, 5) is 40.5. The molecule has 3 heterocycles. The van der Waals surface area contributed by atoms with Gasteiger partial charge in [-0.05, 0) is 41.8 Å². The van der Waals surface area contributed by atoms with E-state index in [-0.39, 0.29) is 24.1 Å². The van der Waals surface area contributed by atoms with Crippen LogP contribution in [0.1, 0.15) is 39.9 Å². The van der Waals surface area contributed by atoms with E-state index in [0.717, 1.165) is 29.0 Å². The Kier molecular flexibility index (Phi) is 4.86. The number of piperidine rings is 1. The summed E-state index contributed by atoms with van der Waals surface area (Å²) in [5.74, 6) is 0.0435. The van der Waals surface area contributed by atoms with Gasteiger partial charge in [0.25, 0.3) is 5.91 Å². The minimum absolute atomic E-state index is 0.149. The van der Waals surface area contributed by atoms with Crippen molar-refractivity contribution in [1.29, 1.82) is 0 Å². The molecule has 0 spiro atoms. The third-order valence-corrected chi connectivity index (χ3v) is 6.14. The number of ether oxygens (including phenoxy) is 1. The Balaban J connectivity index is 1.32. The number of carbonyl (C=O) groups is 3. The number of nitrogens with one attached hydrogen (secondary N) is 1. The van der Waals surface area contributed by atoms with Gasteiger partial charge in [0, 0.05) is 49.4 Å². The molecule has 1 fully saturated rings. The largest absolute Gasteiger partial charge is 0.492 e. The molecule has 0 aromatic heterocycles. The molecule has 0 bridgehead atoms. The summed E-state index contributed by atoms with van der Waals surface area (Å²) in [5, 5.41) is 2.34. The van der Waals surface area contributed by atoms with Gasteiger partial charge in [-0.1, -0.05) is 12.1 Å². The van der Waals surface area contributed by atoms with Crippen LogP contribution in [0.25, 0.3) is 0 Å². The maximum atomic E-state index is 13.0. The Morgan fingerprint density at radius 3 is 2.77 bits per heavy atom. The molecule has 2 aromatic rings. The Hall–Kier alpha value is -3.39. The predicted octanol–water partition coefficient (Wildman–Crippen LogP) is 1.42. The first kappa shape index (κ1) is 19.6. The number of benzene rings is 2. The number of amides is 3. The number of nitrogens with two attached hydrogens (primary N) is 1. The number of imide groups is 1. The van der Waals surface area contributed by atoms with Crippen molar-refractivity contribution in [3.8, 4) is 5.75 Å². The molecule has 8 nitrogen and oxygen atoms in total. The van der Waals surface area contributed by atoms with Crippen LogP contribution >= 0.6 is 0 Å². The number of anilines is 1. The van der Waals surface area contributed by atoms with Gasteiger partial charge in [-0.25, -0.2) is 0 Å². The fraction of sp³-hybridized carbons (Fsp3) is 0.348. The third-order valence-electron chi connectivity index (χ3n) is 6.14. The van der Waals surface area contributed by atoms with Crippen molar-refractivity contribution in [3.63, 3.8) is 0 Å². The third kappa shape index (κ3) is 3.74. The Labute approximate surface area is 179 Å². The van der Waals surface area contributed by atoms with Crippen LogP contribution in [-0.2, 0) is 29.2 Å². The van der Waals surface area contributed by atoms with Gasteiger partial charge in [0.05, 0.1) is 0 Å². The molecule has 5 rings (SSSR count). The van der Waals surface area contributed by atoms with E-state index in [1.54, 1.807) is 4.90 Å². The first-order valence-corrected chi connectivity index (χ1v) is 10.5. The average Bonchev–Trinajstić information content (AvgIpc) is 2.92. The average molecular weight is 420 g/mol. The summed E-state index contributed by atoms with van der Waals surface area (Å²) in [6.07, 6.45) is 0.623. The van der Waals surface area contributed by atoms with Gasteiger partial charge < -0.3 is 15.4 Å². The number of fused-ring (bicyclic) bond motifs is 2. The Morgan fingerprint density at radius 1 is 1.06 bits per heavy atom. The summed E-state index contributed by atoms with van der Waals surface area (Å²) in [6.45, 7) is 3.14. The molecule has 0 saturated carbocycles. The number of hydrogen-bond donors (Lipinski definition) is 2. The van der Waals surface area contributed by atoms with Crippen molar-refractivity contribution < 1.29 is 19.1 Å². The van der Waals surface area contributed by atoms with Crippen molar-refractivity contribution in [1.82, 2.24) is 15.1 Å². The molecule has 1 saturated heterocycles. The lowest BCUT2D eigenvalue weighted by molar-refractivity contribution is -0.136. The highest BCUT2D eigenvalue weighted by atomic mass is 16.5. The summed E-state index contributed by atoms with van der Waals surface area (Å²) < 4.78 is 5.84. The van der Waals surface area contributed by atoms with Gasteiger partial charge in [0.15, 0.2) is 0 Å². The van der Waals surface area contributed by atoms with Crippen LogP contribution in [0.2, 0.25) is 0 Å². The van der Waals surface area contributed by atoms with Gasteiger partial charge in [0.2, 0.25) is 11.8 Å². The highest BCUT2D eigenvalue weighted by Crippen LogP contribution is 2.30. The fourth-order valence-electron chi connectivity index (χ4n) is 4.56. The fourth-order valence-corrected chi connectivity index (χ4v) is 4.56. The molecule has 3 aliphatic heterocycles. The topological polar surface area (TPSA) is 105 Å². The highest BCUT2D eigenvalue weighted by molar-refractivity contribution is 6.05. The molecule has 2 aromatic carbocycles. The number of hydrogen-bond acceptors (Lipinski definition) is 6. The molecule has 3 aliphatic rings. The van der Waals surface area contributed by atoms with Crippen molar-refractivity contribution in [2.24, 2.45) is 0 Å². The van der Waals surface area contributed by atoms with Crippen LogP contribution in [0.15, 0.2) is 36.4 Å². The lowest BCUT2D eigenvalue weighted by Crippen LogP contribution is -2.52.